The van der Waals surface area contributed by atoms with Gasteiger partial charge in [-0.2, -0.15) is 0 Å². The minimum absolute atomic E-state index is 0.231. The molecule has 1 saturated heterocycles. The molecule has 1 amide bonds. The largest absolute Gasteiger partial charge is 0.496 e. The summed E-state index contributed by atoms with van der Waals surface area (Å²) in [6, 6.07) is 12.0. The van der Waals surface area contributed by atoms with Crippen molar-refractivity contribution in [3.05, 3.63) is 59.9 Å². The number of pyridine rings is 1. The van der Waals surface area contributed by atoms with E-state index in [9.17, 15) is 4.79 Å². The second kappa shape index (κ2) is 8.62. The van der Waals surface area contributed by atoms with Crippen molar-refractivity contribution in [3.8, 4) is 5.75 Å². The molecule has 0 N–H and O–H groups in total. The fourth-order valence-corrected chi connectivity index (χ4v) is 3.21. The number of hydrogen-bond acceptors (Lipinski definition) is 4. The predicted molar refractivity (Wildman–Crippen MR) is 97.4 cm³/mol. The van der Waals surface area contributed by atoms with Crippen LogP contribution in [0.2, 0.25) is 0 Å². The number of rotatable bonds is 6. The molecule has 2 heterocycles. The summed E-state index contributed by atoms with van der Waals surface area (Å²) in [5.74, 6) is 1.09. The Kier molecular flexibility index (Phi) is 6.01. The number of methoxy groups -OCH3 is 1. The molecule has 3 rings (SSSR count). The molecule has 0 aliphatic carbocycles. The number of piperazine rings is 1. The van der Waals surface area contributed by atoms with Gasteiger partial charge in [-0.15, -0.1) is 0 Å². The van der Waals surface area contributed by atoms with Crippen molar-refractivity contribution in [2.75, 3.05) is 33.3 Å². The summed E-state index contributed by atoms with van der Waals surface area (Å²) in [7, 11) is 1.67. The van der Waals surface area contributed by atoms with E-state index in [1.54, 1.807) is 7.11 Å². The standard InChI is InChI=1S/C20H25N3O2/c1-25-19-5-3-2-4-18(19)6-7-20(24)23-14-12-22(13-15-23)16-17-8-10-21-11-9-17/h2-5,8-11H,6-7,12-16H2,1H3. The zero-order chi connectivity index (χ0) is 17.5. The molecule has 1 aliphatic rings. The summed E-state index contributed by atoms with van der Waals surface area (Å²) in [6.45, 7) is 4.36. The lowest BCUT2D eigenvalue weighted by Gasteiger charge is -2.34. The third-order valence-corrected chi connectivity index (χ3v) is 4.68. The molecular weight excluding hydrogens is 314 g/mol. The minimum Gasteiger partial charge on any atom is -0.496 e. The highest BCUT2D eigenvalue weighted by Gasteiger charge is 2.21. The molecule has 0 bridgehead atoms. The van der Waals surface area contributed by atoms with Gasteiger partial charge >= 0.3 is 0 Å². The van der Waals surface area contributed by atoms with E-state index in [0.717, 1.165) is 50.5 Å². The van der Waals surface area contributed by atoms with Gasteiger partial charge in [0.05, 0.1) is 7.11 Å². The van der Waals surface area contributed by atoms with Crippen LogP contribution in [0.15, 0.2) is 48.8 Å². The summed E-state index contributed by atoms with van der Waals surface area (Å²) in [5.41, 5.74) is 2.36. The zero-order valence-electron chi connectivity index (χ0n) is 14.7. The van der Waals surface area contributed by atoms with Gasteiger partial charge in [0.2, 0.25) is 5.91 Å². The maximum absolute atomic E-state index is 12.5. The summed E-state index contributed by atoms with van der Waals surface area (Å²) < 4.78 is 5.36. The van der Waals surface area contributed by atoms with Crippen LogP contribution in [0, 0.1) is 0 Å². The highest BCUT2D eigenvalue weighted by Crippen LogP contribution is 2.19. The average molecular weight is 339 g/mol. The first kappa shape index (κ1) is 17.4. The van der Waals surface area contributed by atoms with E-state index in [1.807, 2.05) is 53.7 Å². The molecule has 1 aliphatic heterocycles. The Morgan fingerprint density at radius 3 is 2.52 bits per heavy atom. The smallest absolute Gasteiger partial charge is 0.222 e. The molecular formula is C20H25N3O2. The Bertz CT molecular complexity index is 682. The summed E-state index contributed by atoms with van der Waals surface area (Å²) in [4.78, 5) is 20.9. The van der Waals surface area contributed by atoms with Crippen LogP contribution in [-0.4, -0.2) is 54.0 Å². The van der Waals surface area contributed by atoms with E-state index >= 15 is 0 Å². The predicted octanol–water partition coefficient (Wildman–Crippen LogP) is 2.37. The number of hydrogen-bond donors (Lipinski definition) is 0. The second-order valence-corrected chi connectivity index (χ2v) is 6.32. The van der Waals surface area contributed by atoms with Gasteiger partial charge in [-0.25, -0.2) is 0 Å². The quantitative estimate of drug-likeness (QED) is 0.811. The highest BCUT2D eigenvalue weighted by atomic mass is 16.5. The first-order valence-corrected chi connectivity index (χ1v) is 8.77. The SMILES string of the molecule is COc1ccccc1CCC(=O)N1CCN(Cc2ccncc2)CC1. The van der Waals surface area contributed by atoms with Crippen LogP contribution in [0.25, 0.3) is 0 Å². The highest BCUT2D eigenvalue weighted by molar-refractivity contribution is 5.76. The van der Waals surface area contributed by atoms with Crippen LogP contribution < -0.4 is 4.74 Å². The molecule has 1 fully saturated rings. The van der Waals surface area contributed by atoms with Crippen molar-refractivity contribution in [3.63, 3.8) is 0 Å². The number of ether oxygens (including phenoxy) is 1. The topological polar surface area (TPSA) is 45.7 Å². The maximum atomic E-state index is 12.5. The number of carbonyl (C=O) groups excluding carboxylic acids is 1. The van der Waals surface area contributed by atoms with Crippen molar-refractivity contribution in [2.24, 2.45) is 0 Å². The number of amides is 1. The number of nitrogens with zero attached hydrogens (tertiary/aromatic N) is 3. The van der Waals surface area contributed by atoms with Gasteiger partial charge in [-0.1, -0.05) is 18.2 Å². The maximum Gasteiger partial charge on any atom is 0.222 e. The van der Waals surface area contributed by atoms with Crippen molar-refractivity contribution in [2.45, 2.75) is 19.4 Å². The van der Waals surface area contributed by atoms with Gasteiger partial charge in [0.15, 0.2) is 0 Å². The van der Waals surface area contributed by atoms with E-state index in [-0.39, 0.29) is 5.91 Å². The number of carbonyl (C=O) groups is 1. The average Bonchev–Trinajstić information content (AvgIpc) is 2.67. The van der Waals surface area contributed by atoms with E-state index in [4.69, 9.17) is 4.74 Å². The minimum atomic E-state index is 0.231. The monoisotopic (exact) mass is 339 g/mol. The van der Waals surface area contributed by atoms with Gasteiger partial charge in [0.25, 0.3) is 0 Å². The van der Waals surface area contributed by atoms with Crippen LogP contribution >= 0.6 is 0 Å². The molecule has 1 aromatic heterocycles. The lowest BCUT2D eigenvalue weighted by molar-refractivity contribution is -0.133. The van der Waals surface area contributed by atoms with Crippen molar-refractivity contribution in [1.82, 2.24) is 14.8 Å². The first-order chi connectivity index (χ1) is 12.3. The first-order valence-electron chi connectivity index (χ1n) is 8.77. The lowest BCUT2D eigenvalue weighted by Crippen LogP contribution is -2.48. The molecule has 0 atom stereocenters. The lowest BCUT2D eigenvalue weighted by atomic mass is 10.1. The Hall–Kier alpha value is -2.40. The van der Waals surface area contributed by atoms with E-state index in [2.05, 4.69) is 9.88 Å². The Morgan fingerprint density at radius 2 is 1.80 bits per heavy atom. The normalized spacial score (nSPS) is 15.2. The third kappa shape index (κ3) is 4.79. The molecule has 5 heteroatoms. The fourth-order valence-electron chi connectivity index (χ4n) is 3.21. The van der Waals surface area contributed by atoms with Crippen molar-refractivity contribution in [1.29, 1.82) is 0 Å². The van der Waals surface area contributed by atoms with Gasteiger partial charge in [-0.05, 0) is 35.7 Å². The van der Waals surface area contributed by atoms with E-state index in [1.165, 1.54) is 5.56 Å². The second-order valence-electron chi connectivity index (χ2n) is 6.32. The number of benzene rings is 1. The third-order valence-electron chi connectivity index (χ3n) is 4.68. The van der Waals surface area contributed by atoms with Gasteiger partial charge in [0.1, 0.15) is 5.75 Å². The van der Waals surface area contributed by atoms with Crippen molar-refractivity contribution < 1.29 is 9.53 Å². The molecule has 1 aromatic carbocycles. The molecule has 132 valence electrons. The number of aromatic nitrogens is 1. The fraction of sp³-hybridized carbons (Fsp3) is 0.400. The van der Waals surface area contributed by atoms with Crippen LogP contribution in [0.3, 0.4) is 0 Å². The summed E-state index contributed by atoms with van der Waals surface area (Å²) in [5, 5.41) is 0. The summed E-state index contributed by atoms with van der Waals surface area (Å²) in [6.07, 6.45) is 4.91. The van der Waals surface area contributed by atoms with Crippen LogP contribution in [0.5, 0.6) is 5.75 Å². The van der Waals surface area contributed by atoms with Crippen LogP contribution in [0.1, 0.15) is 17.5 Å². The number of para-hydroxylation sites is 1. The summed E-state index contributed by atoms with van der Waals surface area (Å²) >= 11 is 0. The van der Waals surface area contributed by atoms with Crippen LogP contribution in [0.4, 0.5) is 0 Å². The van der Waals surface area contributed by atoms with E-state index in [0.29, 0.717) is 6.42 Å². The molecule has 2 aromatic rings. The Labute approximate surface area is 149 Å². The van der Waals surface area contributed by atoms with Crippen molar-refractivity contribution >= 4 is 5.91 Å². The van der Waals surface area contributed by atoms with E-state index < -0.39 is 0 Å². The van der Waals surface area contributed by atoms with Gasteiger partial charge in [0, 0.05) is 51.5 Å². The Morgan fingerprint density at radius 1 is 1.08 bits per heavy atom. The Balaban J connectivity index is 1.45. The molecule has 0 unspecified atom stereocenters. The van der Waals surface area contributed by atoms with Crippen LogP contribution in [-0.2, 0) is 17.8 Å². The zero-order valence-corrected chi connectivity index (χ0v) is 14.7. The molecule has 25 heavy (non-hydrogen) atoms. The molecule has 5 nitrogen and oxygen atoms in total. The van der Waals surface area contributed by atoms with Gasteiger partial charge < -0.3 is 9.64 Å². The number of aryl methyl sites for hydroxylation is 1. The molecule has 0 spiro atoms. The molecule has 0 radical (unpaired) electrons. The van der Waals surface area contributed by atoms with Gasteiger partial charge in [-0.3, -0.25) is 14.7 Å². The molecule has 0 saturated carbocycles.